The van der Waals surface area contributed by atoms with Crippen LogP contribution in [0.2, 0.25) is 0 Å². The molecule has 2 aromatic rings. The van der Waals surface area contributed by atoms with Crippen LogP contribution >= 0.6 is 15.9 Å². The SMILES string of the molecule is CC(NC(=O)N1CCN(Cc2ccccc2)CC1)c1ccc(Br)cc1. The van der Waals surface area contributed by atoms with Crippen molar-refractivity contribution in [1.29, 1.82) is 0 Å². The molecule has 0 radical (unpaired) electrons. The molecule has 0 spiro atoms. The number of amides is 2. The maximum Gasteiger partial charge on any atom is 0.317 e. The quantitative estimate of drug-likeness (QED) is 0.838. The van der Waals surface area contributed by atoms with Gasteiger partial charge in [-0.3, -0.25) is 4.90 Å². The molecule has 25 heavy (non-hydrogen) atoms. The molecule has 1 heterocycles. The minimum atomic E-state index is 0.00273. The van der Waals surface area contributed by atoms with Gasteiger partial charge in [-0.1, -0.05) is 58.4 Å². The average Bonchev–Trinajstić information content (AvgIpc) is 2.63. The number of carbonyl (C=O) groups is 1. The Bertz CT molecular complexity index is 682. The van der Waals surface area contributed by atoms with Gasteiger partial charge in [0.15, 0.2) is 0 Å². The number of hydrogen-bond acceptors (Lipinski definition) is 2. The first-order valence-corrected chi connectivity index (χ1v) is 9.48. The molecule has 1 fully saturated rings. The Kier molecular flexibility index (Phi) is 6.10. The van der Waals surface area contributed by atoms with Crippen molar-refractivity contribution in [2.45, 2.75) is 19.5 Å². The van der Waals surface area contributed by atoms with Gasteiger partial charge in [-0.2, -0.15) is 0 Å². The van der Waals surface area contributed by atoms with E-state index in [9.17, 15) is 4.79 Å². The molecular formula is C20H24BrN3O. The lowest BCUT2D eigenvalue weighted by Crippen LogP contribution is -2.51. The normalized spacial score (nSPS) is 16.5. The molecule has 5 heteroatoms. The van der Waals surface area contributed by atoms with Gasteiger partial charge in [-0.05, 0) is 30.2 Å². The van der Waals surface area contributed by atoms with Crippen LogP contribution in [0.15, 0.2) is 59.1 Å². The number of carbonyl (C=O) groups excluding carboxylic acids is 1. The van der Waals surface area contributed by atoms with Crippen molar-refractivity contribution in [2.75, 3.05) is 26.2 Å². The molecule has 1 N–H and O–H groups in total. The van der Waals surface area contributed by atoms with Gasteiger partial charge in [0, 0.05) is 37.2 Å². The highest BCUT2D eigenvalue weighted by Crippen LogP contribution is 2.17. The van der Waals surface area contributed by atoms with E-state index in [0.29, 0.717) is 0 Å². The van der Waals surface area contributed by atoms with E-state index < -0.39 is 0 Å². The van der Waals surface area contributed by atoms with Crippen LogP contribution in [0.4, 0.5) is 4.79 Å². The molecule has 1 aliphatic heterocycles. The number of hydrogen-bond donors (Lipinski definition) is 1. The zero-order chi connectivity index (χ0) is 17.6. The molecule has 3 rings (SSSR count). The zero-order valence-electron chi connectivity index (χ0n) is 14.5. The number of benzene rings is 2. The van der Waals surface area contributed by atoms with Crippen LogP contribution in [-0.2, 0) is 6.54 Å². The van der Waals surface area contributed by atoms with Crippen molar-refractivity contribution in [2.24, 2.45) is 0 Å². The summed E-state index contributed by atoms with van der Waals surface area (Å²) in [7, 11) is 0. The third kappa shape index (κ3) is 5.06. The Morgan fingerprint density at radius 2 is 1.68 bits per heavy atom. The van der Waals surface area contributed by atoms with E-state index in [1.807, 2.05) is 42.2 Å². The van der Waals surface area contributed by atoms with Gasteiger partial charge in [0.2, 0.25) is 0 Å². The van der Waals surface area contributed by atoms with Crippen molar-refractivity contribution in [3.05, 3.63) is 70.2 Å². The van der Waals surface area contributed by atoms with E-state index in [0.717, 1.165) is 42.8 Å². The first-order chi connectivity index (χ1) is 12.1. The molecule has 2 amide bonds. The molecule has 2 aromatic carbocycles. The summed E-state index contributed by atoms with van der Waals surface area (Å²) in [5.41, 5.74) is 2.43. The van der Waals surface area contributed by atoms with E-state index >= 15 is 0 Å². The largest absolute Gasteiger partial charge is 0.331 e. The summed E-state index contributed by atoms with van der Waals surface area (Å²) in [6.07, 6.45) is 0. The maximum atomic E-state index is 12.5. The van der Waals surface area contributed by atoms with Crippen LogP contribution in [0.1, 0.15) is 24.1 Å². The number of nitrogens with one attached hydrogen (secondary N) is 1. The highest BCUT2D eigenvalue weighted by atomic mass is 79.9. The first kappa shape index (κ1) is 18.0. The minimum absolute atomic E-state index is 0.00273. The van der Waals surface area contributed by atoms with Crippen molar-refractivity contribution in [3.8, 4) is 0 Å². The Balaban J connectivity index is 1.47. The van der Waals surface area contributed by atoms with Crippen molar-refractivity contribution in [1.82, 2.24) is 15.1 Å². The molecular weight excluding hydrogens is 378 g/mol. The maximum absolute atomic E-state index is 12.5. The van der Waals surface area contributed by atoms with Crippen LogP contribution < -0.4 is 5.32 Å². The number of nitrogens with zero attached hydrogens (tertiary/aromatic N) is 2. The summed E-state index contributed by atoms with van der Waals surface area (Å²) in [5, 5.41) is 3.10. The van der Waals surface area contributed by atoms with Crippen molar-refractivity contribution < 1.29 is 4.79 Å². The summed E-state index contributed by atoms with van der Waals surface area (Å²) in [4.78, 5) is 16.8. The summed E-state index contributed by atoms with van der Waals surface area (Å²) in [5.74, 6) is 0. The smallest absolute Gasteiger partial charge is 0.317 e. The number of urea groups is 1. The van der Waals surface area contributed by atoms with Gasteiger partial charge in [0.1, 0.15) is 0 Å². The van der Waals surface area contributed by atoms with E-state index in [2.05, 4.69) is 50.4 Å². The fraction of sp³-hybridized carbons (Fsp3) is 0.350. The van der Waals surface area contributed by atoms with Gasteiger partial charge in [-0.15, -0.1) is 0 Å². The number of rotatable bonds is 4. The lowest BCUT2D eigenvalue weighted by molar-refractivity contribution is 0.133. The van der Waals surface area contributed by atoms with Gasteiger partial charge < -0.3 is 10.2 Å². The van der Waals surface area contributed by atoms with Crippen LogP contribution in [0.25, 0.3) is 0 Å². The van der Waals surface area contributed by atoms with E-state index in [1.165, 1.54) is 5.56 Å². The number of halogens is 1. The Morgan fingerprint density at radius 3 is 2.32 bits per heavy atom. The zero-order valence-corrected chi connectivity index (χ0v) is 16.1. The predicted octanol–water partition coefficient (Wildman–Crippen LogP) is 4.04. The second-order valence-electron chi connectivity index (χ2n) is 6.47. The fourth-order valence-electron chi connectivity index (χ4n) is 3.06. The van der Waals surface area contributed by atoms with Crippen molar-refractivity contribution in [3.63, 3.8) is 0 Å². The summed E-state index contributed by atoms with van der Waals surface area (Å²) < 4.78 is 1.05. The fourth-order valence-corrected chi connectivity index (χ4v) is 3.33. The molecule has 132 valence electrons. The van der Waals surface area contributed by atoms with Crippen LogP contribution in [0.3, 0.4) is 0 Å². The highest BCUT2D eigenvalue weighted by molar-refractivity contribution is 9.10. The minimum Gasteiger partial charge on any atom is -0.331 e. The molecule has 1 aliphatic rings. The lowest BCUT2D eigenvalue weighted by atomic mass is 10.1. The first-order valence-electron chi connectivity index (χ1n) is 8.69. The average molecular weight is 402 g/mol. The molecule has 0 aromatic heterocycles. The molecule has 0 saturated carbocycles. The molecule has 0 bridgehead atoms. The van der Waals surface area contributed by atoms with Gasteiger partial charge in [0.25, 0.3) is 0 Å². The van der Waals surface area contributed by atoms with Gasteiger partial charge >= 0.3 is 6.03 Å². The molecule has 1 atom stereocenters. The topological polar surface area (TPSA) is 35.6 Å². The Hall–Kier alpha value is -1.85. The van der Waals surface area contributed by atoms with Gasteiger partial charge in [0.05, 0.1) is 6.04 Å². The monoisotopic (exact) mass is 401 g/mol. The molecule has 4 nitrogen and oxygen atoms in total. The Labute approximate surface area is 158 Å². The van der Waals surface area contributed by atoms with Crippen LogP contribution in [0, 0.1) is 0 Å². The lowest BCUT2D eigenvalue weighted by Gasteiger charge is -2.35. The third-order valence-electron chi connectivity index (χ3n) is 4.62. The van der Waals surface area contributed by atoms with E-state index in [1.54, 1.807) is 0 Å². The summed E-state index contributed by atoms with van der Waals surface area (Å²) >= 11 is 3.44. The van der Waals surface area contributed by atoms with E-state index in [4.69, 9.17) is 0 Å². The predicted molar refractivity (Wildman–Crippen MR) is 104 cm³/mol. The second kappa shape index (κ2) is 8.50. The standard InChI is InChI=1S/C20H24BrN3O/c1-16(18-7-9-19(21)10-8-18)22-20(25)24-13-11-23(12-14-24)15-17-5-3-2-4-6-17/h2-10,16H,11-15H2,1H3,(H,22,25). The summed E-state index contributed by atoms with van der Waals surface area (Å²) in [6, 6.07) is 18.6. The molecule has 1 saturated heterocycles. The van der Waals surface area contributed by atoms with Gasteiger partial charge in [-0.25, -0.2) is 4.79 Å². The second-order valence-corrected chi connectivity index (χ2v) is 7.39. The van der Waals surface area contributed by atoms with Crippen LogP contribution in [0.5, 0.6) is 0 Å². The molecule has 1 unspecified atom stereocenters. The third-order valence-corrected chi connectivity index (χ3v) is 5.15. The number of piperazine rings is 1. The molecule has 0 aliphatic carbocycles. The van der Waals surface area contributed by atoms with Crippen molar-refractivity contribution >= 4 is 22.0 Å². The Morgan fingerprint density at radius 1 is 1.04 bits per heavy atom. The summed E-state index contributed by atoms with van der Waals surface area (Å²) in [6.45, 7) is 6.33. The van der Waals surface area contributed by atoms with Crippen LogP contribution in [-0.4, -0.2) is 42.0 Å². The highest BCUT2D eigenvalue weighted by Gasteiger charge is 2.22. The van der Waals surface area contributed by atoms with E-state index in [-0.39, 0.29) is 12.1 Å².